The first-order valence-corrected chi connectivity index (χ1v) is 9.78. The number of nitrogens with zero attached hydrogens (tertiary/aromatic N) is 3. The van der Waals surface area contributed by atoms with Gasteiger partial charge in [-0.2, -0.15) is 0 Å². The number of hydrogen-bond donors (Lipinski definition) is 2. The van der Waals surface area contributed by atoms with Crippen LogP contribution in [0.3, 0.4) is 0 Å². The van der Waals surface area contributed by atoms with E-state index in [0.29, 0.717) is 6.10 Å². The van der Waals surface area contributed by atoms with Crippen LogP contribution in [-0.2, 0) is 17.8 Å². The number of halogens is 1. The predicted octanol–water partition coefficient (Wildman–Crippen LogP) is 1.90. The van der Waals surface area contributed by atoms with Crippen molar-refractivity contribution in [1.29, 1.82) is 0 Å². The Hall–Kier alpha value is -0.900. The molecule has 0 spiro atoms. The molecule has 0 radical (unpaired) electrons. The summed E-state index contributed by atoms with van der Waals surface area (Å²) < 4.78 is 5.64. The highest BCUT2D eigenvalue weighted by Gasteiger charge is 2.15. The largest absolute Gasteiger partial charge is 0.376 e. The van der Waals surface area contributed by atoms with Crippen molar-refractivity contribution >= 4 is 29.9 Å². The minimum absolute atomic E-state index is 0. The van der Waals surface area contributed by atoms with Crippen molar-refractivity contribution in [1.82, 2.24) is 20.4 Å². The summed E-state index contributed by atoms with van der Waals surface area (Å²) in [5, 5.41) is 6.74. The molecule has 1 aromatic carbocycles. The summed E-state index contributed by atoms with van der Waals surface area (Å²) in [7, 11) is 4.01. The molecule has 1 unspecified atom stereocenters. The first-order chi connectivity index (χ1) is 12.7. The van der Waals surface area contributed by atoms with Gasteiger partial charge in [0.1, 0.15) is 0 Å². The number of piperazine rings is 1. The van der Waals surface area contributed by atoms with Crippen LogP contribution < -0.4 is 10.6 Å². The van der Waals surface area contributed by atoms with Gasteiger partial charge in [0.15, 0.2) is 5.96 Å². The third-order valence-corrected chi connectivity index (χ3v) is 5.23. The monoisotopic (exact) mass is 487 g/mol. The molecule has 152 valence electrons. The predicted molar refractivity (Wildman–Crippen MR) is 122 cm³/mol. The average molecular weight is 487 g/mol. The number of benzene rings is 1. The van der Waals surface area contributed by atoms with Gasteiger partial charge in [-0.05, 0) is 31.0 Å². The Labute approximate surface area is 180 Å². The molecule has 0 bridgehead atoms. The summed E-state index contributed by atoms with van der Waals surface area (Å²) in [6, 6.07) is 8.92. The third kappa shape index (κ3) is 7.56. The molecule has 0 aromatic heterocycles. The Morgan fingerprint density at radius 1 is 1.11 bits per heavy atom. The summed E-state index contributed by atoms with van der Waals surface area (Å²) >= 11 is 0. The minimum atomic E-state index is 0. The number of guanidine groups is 1. The molecule has 2 aliphatic rings. The van der Waals surface area contributed by atoms with E-state index in [1.165, 1.54) is 30.6 Å². The van der Waals surface area contributed by atoms with Gasteiger partial charge in [0.2, 0.25) is 0 Å². The Bertz CT molecular complexity index is 566. The fourth-order valence-corrected chi connectivity index (χ4v) is 3.45. The average Bonchev–Trinajstić information content (AvgIpc) is 3.18. The second-order valence-electron chi connectivity index (χ2n) is 7.34. The summed E-state index contributed by atoms with van der Waals surface area (Å²) in [4.78, 5) is 9.22. The van der Waals surface area contributed by atoms with Gasteiger partial charge < -0.3 is 20.3 Å². The van der Waals surface area contributed by atoms with Gasteiger partial charge in [0.25, 0.3) is 0 Å². The van der Waals surface area contributed by atoms with Crippen LogP contribution in [-0.4, -0.2) is 75.3 Å². The molecule has 1 atom stereocenters. The molecule has 27 heavy (non-hydrogen) atoms. The molecule has 2 heterocycles. The molecule has 0 saturated carbocycles. The van der Waals surface area contributed by atoms with E-state index in [4.69, 9.17) is 4.74 Å². The SMILES string of the molecule is CN=C(NCc1ccc(CN2CCN(C)CC2)cc1)NCC1CCCO1.I. The Morgan fingerprint density at radius 2 is 1.81 bits per heavy atom. The molecular weight excluding hydrogens is 453 g/mol. The van der Waals surface area contributed by atoms with Crippen molar-refractivity contribution in [3.63, 3.8) is 0 Å². The number of rotatable bonds is 6. The summed E-state index contributed by atoms with van der Waals surface area (Å²) in [5.41, 5.74) is 2.66. The first-order valence-electron chi connectivity index (χ1n) is 9.78. The van der Waals surface area contributed by atoms with E-state index in [2.05, 4.69) is 56.7 Å². The summed E-state index contributed by atoms with van der Waals surface area (Å²) in [6.07, 6.45) is 2.62. The van der Waals surface area contributed by atoms with Crippen molar-refractivity contribution in [2.24, 2.45) is 4.99 Å². The Balaban J connectivity index is 0.00000261. The maximum atomic E-state index is 5.64. The molecule has 2 fully saturated rings. The van der Waals surface area contributed by atoms with Crippen molar-refractivity contribution in [2.75, 3.05) is 53.4 Å². The normalized spacial score (nSPS) is 21.7. The Kier molecular flexibility index (Phi) is 9.81. The molecule has 0 amide bonds. The zero-order valence-electron chi connectivity index (χ0n) is 16.6. The van der Waals surface area contributed by atoms with E-state index in [-0.39, 0.29) is 24.0 Å². The van der Waals surface area contributed by atoms with E-state index in [1.54, 1.807) is 0 Å². The van der Waals surface area contributed by atoms with Crippen LogP contribution in [0.2, 0.25) is 0 Å². The highest BCUT2D eigenvalue weighted by atomic mass is 127. The minimum Gasteiger partial charge on any atom is -0.376 e. The Morgan fingerprint density at radius 3 is 2.44 bits per heavy atom. The molecule has 2 saturated heterocycles. The van der Waals surface area contributed by atoms with Gasteiger partial charge in [0.05, 0.1) is 6.10 Å². The van der Waals surface area contributed by atoms with Crippen LogP contribution in [0.25, 0.3) is 0 Å². The summed E-state index contributed by atoms with van der Waals surface area (Å²) in [5.74, 6) is 0.835. The molecular formula is C20H34IN5O. The lowest BCUT2D eigenvalue weighted by Crippen LogP contribution is -2.43. The van der Waals surface area contributed by atoms with Gasteiger partial charge in [-0.3, -0.25) is 9.89 Å². The third-order valence-electron chi connectivity index (χ3n) is 5.23. The fraction of sp³-hybridized carbons (Fsp3) is 0.650. The number of likely N-dealkylation sites (N-methyl/N-ethyl adjacent to an activating group) is 1. The number of nitrogens with one attached hydrogen (secondary N) is 2. The van der Waals surface area contributed by atoms with E-state index >= 15 is 0 Å². The van der Waals surface area contributed by atoms with E-state index in [1.807, 2.05) is 7.05 Å². The van der Waals surface area contributed by atoms with Crippen molar-refractivity contribution in [3.05, 3.63) is 35.4 Å². The van der Waals surface area contributed by atoms with Crippen LogP contribution in [0.4, 0.5) is 0 Å². The van der Waals surface area contributed by atoms with Crippen LogP contribution in [0, 0.1) is 0 Å². The highest BCUT2D eigenvalue weighted by molar-refractivity contribution is 14.0. The second kappa shape index (κ2) is 11.8. The van der Waals surface area contributed by atoms with Gasteiger partial charge in [-0.1, -0.05) is 24.3 Å². The maximum Gasteiger partial charge on any atom is 0.191 e. The molecule has 7 heteroatoms. The fourth-order valence-electron chi connectivity index (χ4n) is 3.45. The zero-order chi connectivity index (χ0) is 18.2. The van der Waals surface area contributed by atoms with E-state index in [0.717, 1.165) is 51.7 Å². The van der Waals surface area contributed by atoms with Crippen LogP contribution in [0.1, 0.15) is 24.0 Å². The van der Waals surface area contributed by atoms with Crippen molar-refractivity contribution in [3.8, 4) is 0 Å². The van der Waals surface area contributed by atoms with Gasteiger partial charge in [-0.25, -0.2) is 0 Å². The number of ether oxygens (including phenoxy) is 1. The van der Waals surface area contributed by atoms with Crippen molar-refractivity contribution < 1.29 is 4.74 Å². The van der Waals surface area contributed by atoms with Crippen LogP contribution >= 0.6 is 24.0 Å². The highest BCUT2D eigenvalue weighted by Crippen LogP contribution is 2.11. The molecule has 1 aromatic rings. The van der Waals surface area contributed by atoms with Crippen molar-refractivity contribution in [2.45, 2.75) is 32.0 Å². The number of aliphatic imine (C=N–C) groups is 1. The molecule has 0 aliphatic carbocycles. The van der Waals surface area contributed by atoms with Gasteiger partial charge in [0, 0.05) is 59.5 Å². The molecule has 2 aliphatic heterocycles. The van der Waals surface area contributed by atoms with E-state index < -0.39 is 0 Å². The van der Waals surface area contributed by atoms with Crippen LogP contribution in [0.15, 0.2) is 29.3 Å². The quantitative estimate of drug-likeness (QED) is 0.365. The molecule has 3 rings (SSSR count). The van der Waals surface area contributed by atoms with E-state index in [9.17, 15) is 0 Å². The molecule has 2 N–H and O–H groups in total. The number of hydrogen-bond acceptors (Lipinski definition) is 4. The topological polar surface area (TPSA) is 52.1 Å². The lowest BCUT2D eigenvalue weighted by molar-refractivity contribution is 0.114. The maximum absolute atomic E-state index is 5.64. The van der Waals surface area contributed by atoms with Gasteiger partial charge in [-0.15, -0.1) is 24.0 Å². The second-order valence-corrected chi connectivity index (χ2v) is 7.34. The zero-order valence-corrected chi connectivity index (χ0v) is 18.9. The van der Waals surface area contributed by atoms with Crippen LogP contribution in [0.5, 0.6) is 0 Å². The first kappa shape index (κ1) is 22.4. The lowest BCUT2D eigenvalue weighted by Gasteiger charge is -2.32. The molecule has 6 nitrogen and oxygen atoms in total. The summed E-state index contributed by atoms with van der Waals surface area (Å²) in [6.45, 7) is 8.19. The van der Waals surface area contributed by atoms with Gasteiger partial charge >= 0.3 is 0 Å². The lowest BCUT2D eigenvalue weighted by atomic mass is 10.1. The standard InChI is InChI=1S/C20H33N5O.HI/c1-21-20(23-15-19-4-3-13-26-19)22-14-17-5-7-18(8-6-17)16-25-11-9-24(2)10-12-25;/h5-8,19H,3-4,9-16H2,1-2H3,(H2,21,22,23);1H. The smallest absolute Gasteiger partial charge is 0.191 e.